The van der Waals surface area contributed by atoms with E-state index in [0.29, 0.717) is 6.54 Å². The number of rotatable bonds is 2. The highest BCUT2D eigenvalue weighted by Gasteiger charge is 2.26. The molecule has 1 aromatic carbocycles. The van der Waals surface area contributed by atoms with Gasteiger partial charge in [0.2, 0.25) is 5.91 Å². The third-order valence-corrected chi connectivity index (χ3v) is 3.24. The first kappa shape index (κ1) is 12.1. The molecule has 3 nitrogen and oxygen atoms in total. The minimum Gasteiger partial charge on any atom is -0.308 e. The number of benzene rings is 1. The lowest BCUT2D eigenvalue weighted by Gasteiger charge is -2.26. The Bertz CT molecular complexity index is 414. The molecule has 1 amide bonds. The van der Waals surface area contributed by atoms with E-state index in [9.17, 15) is 4.79 Å². The van der Waals surface area contributed by atoms with Gasteiger partial charge in [-0.3, -0.25) is 9.69 Å². The maximum absolute atomic E-state index is 12.3. The number of nitrogens with zero attached hydrogens (tertiary/aromatic N) is 2. The van der Waals surface area contributed by atoms with E-state index in [2.05, 4.69) is 31.7 Å². The average Bonchev–Trinajstić information content (AvgIpc) is 2.44. The highest BCUT2D eigenvalue weighted by molar-refractivity contribution is 5.96. The maximum atomic E-state index is 12.3. The number of carbonyl (C=O) groups is 1. The van der Waals surface area contributed by atoms with Crippen LogP contribution < -0.4 is 4.90 Å². The highest BCUT2D eigenvalue weighted by atomic mass is 16.2. The van der Waals surface area contributed by atoms with Crippen LogP contribution in [0.3, 0.4) is 0 Å². The van der Waals surface area contributed by atoms with Crippen molar-refractivity contribution >= 4 is 11.6 Å². The minimum atomic E-state index is 0.201. The van der Waals surface area contributed by atoms with E-state index in [1.165, 1.54) is 5.56 Å². The molecule has 0 aromatic heterocycles. The molecule has 0 saturated carbocycles. The van der Waals surface area contributed by atoms with Gasteiger partial charge in [-0.1, -0.05) is 25.1 Å². The maximum Gasteiger partial charge on any atom is 0.241 e. The number of likely N-dealkylation sites (N-methyl/N-ethyl adjacent to an activating group) is 1. The van der Waals surface area contributed by atoms with E-state index in [-0.39, 0.29) is 11.9 Å². The third kappa shape index (κ3) is 2.34. The van der Waals surface area contributed by atoms with Crippen LogP contribution in [0.2, 0.25) is 0 Å². The van der Waals surface area contributed by atoms with Gasteiger partial charge in [0.1, 0.15) is 0 Å². The first-order valence-corrected chi connectivity index (χ1v) is 6.25. The van der Waals surface area contributed by atoms with Crippen molar-refractivity contribution in [3.05, 3.63) is 29.8 Å². The molecule has 0 spiro atoms. The summed E-state index contributed by atoms with van der Waals surface area (Å²) in [5, 5.41) is 0. The lowest BCUT2D eigenvalue weighted by atomic mass is 10.1. The Labute approximate surface area is 103 Å². The molecule has 3 heteroatoms. The summed E-state index contributed by atoms with van der Waals surface area (Å²) in [5.74, 6) is 0.201. The zero-order chi connectivity index (χ0) is 12.4. The van der Waals surface area contributed by atoms with Crippen molar-refractivity contribution in [2.75, 3.05) is 18.0 Å². The Kier molecular flexibility index (Phi) is 3.48. The van der Waals surface area contributed by atoms with Crippen LogP contribution in [0.15, 0.2) is 24.3 Å². The smallest absolute Gasteiger partial charge is 0.241 e. The fourth-order valence-corrected chi connectivity index (χ4v) is 2.37. The quantitative estimate of drug-likeness (QED) is 0.781. The largest absolute Gasteiger partial charge is 0.308 e. The molecule has 0 bridgehead atoms. The predicted molar refractivity (Wildman–Crippen MR) is 70.0 cm³/mol. The van der Waals surface area contributed by atoms with Crippen LogP contribution in [0.5, 0.6) is 0 Å². The Morgan fingerprint density at radius 3 is 2.59 bits per heavy atom. The average molecular weight is 232 g/mol. The summed E-state index contributed by atoms with van der Waals surface area (Å²) in [6, 6.07) is 8.42. The molecular formula is C14H20N2O. The number of fused-ring (bicyclic) bond motifs is 1. The van der Waals surface area contributed by atoms with Gasteiger partial charge in [-0.05, 0) is 32.0 Å². The molecule has 92 valence electrons. The number of anilines is 1. The topological polar surface area (TPSA) is 23.6 Å². The zero-order valence-corrected chi connectivity index (χ0v) is 10.8. The molecule has 1 aliphatic rings. The summed E-state index contributed by atoms with van der Waals surface area (Å²) in [6.07, 6.45) is 0. The second-order valence-corrected chi connectivity index (χ2v) is 4.79. The van der Waals surface area contributed by atoms with Crippen molar-refractivity contribution in [2.24, 2.45) is 0 Å². The van der Waals surface area contributed by atoms with Gasteiger partial charge in [0, 0.05) is 18.3 Å². The van der Waals surface area contributed by atoms with E-state index in [0.717, 1.165) is 18.8 Å². The molecule has 0 fully saturated rings. The van der Waals surface area contributed by atoms with Crippen LogP contribution in [0.1, 0.15) is 26.3 Å². The number of para-hydroxylation sites is 1. The second kappa shape index (κ2) is 4.88. The molecule has 1 aliphatic heterocycles. The number of hydrogen-bond donors (Lipinski definition) is 0. The minimum absolute atomic E-state index is 0.201. The summed E-state index contributed by atoms with van der Waals surface area (Å²) in [5.41, 5.74) is 2.32. The Morgan fingerprint density at radius 1 is 1.24 bits per heavy atom. The van der Waals surface area contributed by atoms with Gasteiger partial charge in [-0.15, -0.1) is 0 Å². The van der Waals surface area contributed by atoms with E-state index >= 15 is 0 Å². The number of carbonyl (C=O) groups excluding carboxylic acids is 1. The zero-order valence-electron chi connectivity index (χ0n) is 10.8. The third-order valence-electron chi connectivity index (χ3n) is 3.24. The molecular weight excluding hydrogens is 212 g/mol. The van der Waals surface area contributed by atoms with Crippen LogP contribution in [0.4, 0.5) is 5.69 Å². The highest BCUT2D eigenvalue weighted by Crippen LogP contribution is 2.26. The molecule has 1 heterocycles. The van der Waals surface area contributed by atoms with Crippen LogP contribution in [-0.2, 0) is 11.3 Å². The molecule has 2 rings (SSSR count). The van der Waals surface area contributed by atoms with Crippen molar-refractivity contribution in [2.45, 2.75) is 33.4 Å². The Morgan fingerprint density at radius 2 is 1.94 bits per heavy atom. The predicted octanol–water partition coefficient (Wildman–Crippen LogP) is 2.26. The number of hydrogen-bond acceptors (Lipinski definition) is 2. The molecule has 17 heavy (non-hydrogen) atoms. The van der Waals surface area contributed by atoms with Gasteiger partial charge >= 0.3 is 0 Å². The molecule has 0 radical (unpaired) electrons. The van der Waals surface area contributed by atoms with E-state index in [4.69, 9.17) is 0 Å². The lowest BCUT2D eigenvalue weighted by Crippen LogP contribution is -2.41. The van der Waals surface area contributed by atoms with E-state index < -0.39 is 0 Å². The Balaban J connectivity index is 2.45. The van der Waals surface area contributed by atoms with Crippen molar-refractivity contribution in [1.29, 1.82) is 0 Å². The van der Waals surface area contributed by atoms with Crippen molar-refractivity contribution in [3.63, 3.8) is 0 Å². The Hall–Kier alpha value is -1.35. The van der Waals surface area contributed by atoms with Gasteiger partial charge in [0.15, 0.2) is 0 Å². The first-order valence-electron chi connectivity index (χ1n) is 6.25. The van der Waals surface area contributed by atoms with Crippen LogP contribution in [0, 0.1) is 0 Å². The summed E-state index contributed by atoms with van der Waals surface area (Å²) in [4.78, 5) is 16.4. The van der Waals surface area contributed by atoms with Crippen molar-refractivity contribution in [3.8, 4) is 0 Å². The van der Waals surface area contributed by atoms with Gasteiger partial charge in [0.05, 0.1) is 6.54 Å². The van der Waals surface area contributed by atoms with Crippen molar-refractivity contribution in [1.82, 2.24) is 4.90 Å². The van der Waals surface area contributed by atoms with Gasteiger partial charge in [-0.25, -0.2) is 0 Å². The fraction of sp³-hybridized carbons (Fsp3) is 0.500. The van der Waals surface area contributed by atoms with Gasteiger partial charge < -0.3 is 4.90 Å². The SMILES string of the molecule is CCN1CC(=O)N(C(C)C)c2ccccc2C1. The summed E-state index contributed by atoms with van der Waals surface area (Å²) in [6.45, 7) is 8.52. The van der Waals surface area contributed by atoms with Crippen LogP contribution in [0.25, 0.3) is 0 Å². The van der Waals surface area contributed by atoms with Crippen molar-refractivity contribution < 1.29 is 4.79 Å². The van der Waals surface area contributed by atoms with Gasteiger partial charge in [0.25, 0.3) is 0 Å². The number of amides is 1. The summed E-state index contributed by atoms with van der Waals surface area (Å²) in [7, 11) is 0. The van der Waals surface area contributed by atoms with E-state index in [1.54, 1.807) is 0 Å². The molecule has 0 N–H and O–H groups in total. The van der Waals surface area contributed by atoms with Crippen LogP contribution >= 0.6 is 0 Å². The normalized spacial score (nSPS) is 17.2. The summed E-state index contributed by atoms with van der Waals surface area (Å²) >= 11 is 0. The molecule has 0 atom stereocenters. The first-order chi connectivity index (χ1) is 8.13. The lowest BCUT2D eigenvalue weighted by molar-refractivity contribution is -0.119. The fourth-order valence-electron chi connectivity index (χ4n) is 2.37. The monoisotopic (exact) mass is 232 g/mol. The standard InChI is InChI=1S/C14H20N2O/c1-4-15-9-12-7-5-6-8-13(12)16(11(2)3)14(17)10-15/h5-8,11H,4,9-10H2,1-3H3. The van der Waals surface area contributed by atoms with Crippen LogP contribution in [-0.4, -0.2) is 29.9 Å². The molecule has 0 aliphatic carbocycles. The second-order valence-electron chi connectivity index (χ2n) is 4.79. The summed E-state index contributed by atoms with van der Waals surface area (Å²) < 4.78 is 0. The molecule has 0 unspecified atom stereocenters. The van der Waals surface area contributed by atoms with Gasteiger partial charge in [-0.2, -0.15) is 0 Å². The molecule has 0 saturated heterocycles. The van der Waals surface area contributed by atoms with E-state index in [1.807, 2.05) is 23.1 Å². The molecule has 1 aromatic rings.